The van der Waals surface area contributed by atoms with E-state index in [1.54, 1.807) is 11.9 Å². The highest BCUT2D eigenvalue weighted by atomic mass is 19.4. The fourth-order valence-electron chi connectivity index (χ4n) is 4.24. The van der Waals surface area contributed by atoms with Gasteiger partial charge in [-0.2, -0.15) is 13.2 Å². The number of hydrogen-bond donors (Lipinski definition) is 4. The van der Waals surface area contributed by atoms with Gasteiger partial charge in [-0.05, 0) is 49.6 Å². The third-order valence-electron chi connectivity index (χ3n) is 6.45. The van der Waals surface area contributed by atoms with Gasteiger partial charge in [0.2, 0.25) is 11.8 Å². The minimum Gasteiger partial charge on any atom is -0.475 e. The molecule has 5 N–H and O–H groups in total. The maximum Gasteiger partial charge on any atom is 0.490 e. The van der Waals surface area contributed by atoms with Crippen LogP contribution in [0, 0.1) is 0 Å². The second-order valence-electron chi connectivity index (χ2n) is 9.55. The van der Waals surface area contributed by atoms with Gasteiger partial charge in [0, 0.05) is 25.2 Å². The second kappa shape index (κ2) is 16.8. The van der Waals surface area contributed by atoms with Crippen molar-refractivity contribution in [1.82, 2.24) is 10.2 Å². The van der Waals surface area contributed by atoms with Gasteiger partial charge >= 0.3 is 12.1 Å². The van der Waals surface area contributed by atoms with E-state index in [9.17, 15) is 22.8 Å². The van der Waals surface area contributed by atoms with Crippen LogP contribution in [0.25, 0.3) is 0 Å². The average Bonchev–Trinajstić information content (AvgIpc) is 2.98. The molecule has 0 aromatic heterocycles. The number of nitrogens with one attached hydrogen (secondary N) is 2. The Morgan fingerprint density at radius 1 is 0.881 bits per heavy atom. The van der Waals surface area contributed by atoms with Crippen LogP contribution in [0.1, 0.15) is 36.8 Å². The first-order chi connectivity index (χ1) is 20.0. The number of carboxylic acid groups (broad SMARTS) is 1. The predicted molar refractivity (Wildman–Crippen MR) is 156 cm³/mol. The van der Waals surface area contributed by atoms with E-state index in [2.05, 4.69) is 34.9 Å². The Kier molecular flexibility index (Phi) is 13.5. The molecule has 42 heavy (non-hydrogen) atoms. The monoisotopic (exact) mass is 586 g/mol. The molecule has 0 radical (unpaired) electrons. The molecule has 2 amide bonds. The Balaban J connectivity index is 0.000000782. The molecule has 226 valence electrons. The number of amides is 2. The molecule has 3 aromatic carbocycles. The molecule has 0 spiro atoms. The van der Waals surface area contributed by atoms with Crippen molar-refractivity contribution >= 4 is 23.5 Å². The highest BCUT2D eigenvalue weighted by Gasteiger charge is 2.38. The van der Waals surface area contributed by atoms with Gasteiger partial charge < -0.3 is 26.4 Å². The van der Waals surface area contributed by atoms with Crippen LogP contribution in [-0.4, -0.2) is 66.2 Å². The number of anilines is 1. The number of carboxylic acids is 1. The summed E-state index contributed by atoms with van der Waals surface area (Å²) >= 11 is 0. The van der Waals surface area contributed by atoms with E-state index in [0.717, 1.165) is 16.8 Å². The molecule has 0 fully saturated rings. The zero-order valence-corrected chi connectivity index (χ0v) is 23.6. The van der Waals surface area contributed by atoms with Crippen molar-refractivity contribution in [2.45, 2.75) is 43.9 Å². The highest BCUT2D eigenvalue weighted by molar-refractivity contribution is 5.90. The topological polar surface area (TPSA) is 125 Å². The number of alkyl halides is 3. The first kappa shape index (κ1) is 33.8. The van der Waals surface area contributed by atoms with E-state index >= 15 is 0 Å². The summed E-state index contributed by atoms with van der Waals surface area (Å²) in [6.07, 6.45) is -3.93. The zero-order chi connectivity index (χ0) is 31.1. The fourth-order valence-corrected chi connectivity index (χ4v) is 4.24. The summed E-state index contributed by atoms with van der Waals surface area (Å²) in [7, 11) is 1.69. The van der Waals surface area contributed by atoms with Crippen LogP contribution in [0.4, 0.5) is 18.9 Å². The minimum atomic E-state index is -5.08. The highest BCUT2D eigenvalue weighted by Crippen LogP contribution is 2.24. The first-order valence-electron chi connectivity index (χ1n) is 13.4. The third-order valence-corrected chi connectivity index (χ3v) is 6.45. The summed E-state index contributed by atoms with van der Waals surface area (Å²) in [6, 6.07) is 28.8. The number of likely N-dealkylation sites (N-methyl/N-ethyl adjacent to an activating group) is 1. The Labute approximate surface area is 243 Å². The van der Waals surface area contributed by atoms with Crippen molar-refractivity contribution in [3.05, 3.63) is 102 Å². The summed E-state index contributed by atoms with van der Waals surface area (Å²) in [6.45, 7) is 2.71. The molecule has 0 aliphatic heterocycles. The van der Waals surface area contributed by atoms with Crippen LogP contribution in [0.5, 0.6) is 0 Å². The smallest absolute Gasteiger partial charge is 0.475 e. The summed E-state index contributed by atoms with van der Waals surface area (Å²) in [5.74, 6) is -3.06. The maximum atomic E-state index is 13.4. The van der Waals surface area contributed by atoms with Crippen molar-refractivity contribution in [3.63, 3.8) is 0 Å². The lowest BCUT2D eigenvalue weighted by molar-refractivity contribution is -0.192. The molecule has 2 unspecified atom stereocenters. The lowest BCUT2D eigenvalue weighted by atomic mass is 9.91. The van der Waals surface area contributed by atoms with Crippen molar-refractivity contribution < 1.29 is 32.7 Å². The lowest BCUT2D eigenvalue weighted by Gasteiger charge is -2.30. The normalized spacial score (nSPS) is 12.4. The van der Waals surface area contributed by atoms with Gasteiger partial charge in [-0.1, -0.05) is 78.9 Å². The number of nitrogens with zero attached hydrogens (tertiary/aromatic N) is 1. The van der Waals surface area contributed by atoms with Crippen molar-refractivity contribution in [2.24, 2.45) is 5.73 Å². The standard InChI is InChI=1S/C29H36N4O2.C2HF3O2/c1-22(32-25-17-10-5-11-18-25)29(35)33(2)27(19-12-20-30)28(34)31-21-26(23-13-6-3-7-14-23)24-15-8-4-9-16-24;3-2(4,5)1(6)7/h3-11,13-18,22,26-27,32H,12,19-21,30H2,1-2H3,(H,31,34);(H,6,7). The molecular formula is C31H37F3N4O4. The average molecular weight is 587 g/mol. The van der Waals surface area contributed by atoms with Gasteiger partial charge in [0.15, 0.2) is 0 Å². The largest absolute Gasteiger partial charge is 0.490 e. The van der Waals surface area contributed by atoms with E-state index in [1.165, 1.54) is 0 Å². The Morgan fingerprint density at radius 2 is 1.33 bits per heavy atom. The molecule has 0 saturated heterocycles. The predicted octanol–water partition coefficient (Wildman–Crippen LogP) is 4.63. The number of carbonyl (C=O) groups is 3. The number of benzene rings is 3. The summed E-state index contributed by atoms with van der Waals surface area (Å²) in [5.41, 5.74) is 8.86. The number of aliphatic carboxylic acids is 1. The molecule has 3 rings (SSSR count). The molecule has 2 atom stereocenters. The molecule has 11 heteroatoms. The van der Waals surface area contributed by atoms with Crippen LogP contribution in [0.3, 0.4) is 0 Å². The van der Waals surface area contributed by atoms with Crippen LogP contribution >= 0.6 is 0 Å². The van der Waals surface area contributed by atoms with Gasteiger partial charge in [0.25, 0.3) is 0 Å². The number of rotatable bonds is 12. The fraction of sp³-hybridized carbons (Fsp3) is 0.323. The number of hydrogen-bond acceptors (Lipinski definition) is 5. The molecule has 0 aliphatic carbocycles. The number of carbonyl (C=O) groups excluding carboxylic acids is 2. The van der Waals surface area contributed by atoms with Gasteiger partial charge in [0.1, 0.15) is 12.1 Å². The maximum absolute atomic E-state index is 13.4. The third kappa shape index (κ3) is 10.9. The van der Waals surface area contributed by atoms with Crippen LogP contribution in [-0.2, 0) is 14.4 Å². The van der Waals surface area contributed by atoms with E-state index in [1.807, 2.05) is 73.7 Å². The van der Waals surface area contributed by atoms with Crippen LogP contribution < -0.4 is 16.4 Å². The molecule has 0 bridgehead atoms. The molecule has 0 aliphatic rings. The van der Waals surface area contributed by atoms with Crippen molar-refractivity contribution in [3.8, 4) is 0 Å². The van der Waals surface area contributed by atoms with E-state index in [-0.39, 0.29) is 17.7 Å². The second-order valence-corrected chi connectivity index (χ2v) is 9.55. The van der Waals surface area contributed by atoms with E-state index in [4.69, 9.17) is 15.6 Å². The van der Waals surface area contributed by atoms with E-state index in [0.29, 0.717) is 25.9 Å². The molecule has 0 saturated carbocycles. The minimum absolute atomic E-state index is 0.0104. The molecule has 0 heterocycles. The first-order valence-corrected chi connectivity index (χ1v) is 13.4. The number of para-hydroxylation sites is 1. The van der Waals surface area contributed by atoms with Gasteiger partial charge in [0.05, 0.1) is 0 Å². The SMILES string of the molecule is CC(Nc1ccccc1)C(=O)N(C)C(CCCN)C(=O)NCC(c1ccccc1)c1ccccc1.O=C(O)C(F)(F)F. The van der Waals surface area contributed by atoms with Crippen molar-refractivity contribution in [2.75, 3.05) is 25.5 Å². The Bertz CT molecular complexity index is 1210. The van der Waals surface area contributed by atoms with Gasteiger partial charge in [-0.25, -0.2) is 4.79 Å². The molecular weight excluding hydrogens is 549 g/mol. The lowest BCUT2D eigenvalue weighted by Crippen LogP contribution is -2.52. The Hall–Kier alpha value is -4.38. The zero-order valence-electron chi connectivity index (χ0n) is 23.6. The number of nitrogens with two attached hydrogens (primary N) is 1. The summed E-state index contributed by atoms with van der Waals surface area (Å²) in [4.78, 5) is 37.0. The van der Waals surface area contributed by atoms with Crippen LogP contribution in [0.15, 0.2) is 91.0 Å². The van der Waals surface area contributed by atoms with E-state index < -0.39 is 24.2 Å². The number of halogens is 3. The quantitative estimate of drug-likeness (QED) is 0.245. The molecule has 3 aromatic rings. The summed E-state index contributed by atoms with van der Waals surface area (Å²) in [5, 5.41) is 13.5. The van der Waals surface area contributed by atoms with Crippen molar-refractivity contribution in [1.29, 1.82) is 0 Å². The van der Waals surface area contributed by atoms with Gasteiger partial charge in [-0.3, -0.25) is 9.59 Å². The van der Waals surface area contributed by atoms with Crippen LogP contribution in [0.2, 0.25) is 0 Å². The summed E-state index contributed by atoms with van der Waals surface area (Å²) < 4.78 is 31.7. The van der Waals surface area contributed by atoms with Gasteiger partial charge in [-0.15, -0.1) is 0 Å². The Morgan fingerprint density at radius 3 is 1.76 bits per heavy atom. The molecule has 8 nitrogen and oxygen atoms in total.